The molecule has 3 heterocycles. The van der Waals surface area contributed by atoms with E-state index in [4.69, 9.17) is 4.74 Å². The fraction of sp³-hybridized carbons (Fsp3) is 0.474. The summed E-state index contributed by atoms with van der Waals surface area (Å²) in [6.07, 6.45) is 3.86. The van der Waals surface area contributed by atoms with Gasteiger partial charge in [-0.15, -0.1) is 0 Å². The van der Waals surface area contributed by atoms with Crippen molar-refractivity contribution in [3.63, 3.8) is 0 Å². The van der Waals surface area contributed by atoms with Crippen LogP contribution in [0, 0.1) is 13.8 Å². The minimum Gasteiger partial charge on any atom is -0.487 e. The molecular weight excluding hydrogens is 302 g/mol. The summed E-state index contributed by atoms with van der Waals surface area (Å²) in [6.45, 7) is 5.34. The molecule has 0 radical (unpaired) electrons. The van der Waals surface area contributed by atoms with E-state index in [-0.39, 0.29) is 11.5 Å². The van der Waals surface area contributed by atoms with Crippen molar-refractivity contribution < 1.29 is 9.53 Å². The summed E-state index contributed by atoms with van der Waals surface area (Å²) in [5.74, 6) is 1.05. The third-order valence-corrected chi connectivity index (χ3v) is 5.57. The molecule has 0 saturated carbocycles. The number of piperidine rings is 1. The van der Waals surface area contributed by atoms with E-state index < -0.39 is 0 Å². The molecule has 0 unspecified atom stereocenters. The number of carbonyl (C=O) groups is 1. The summed E-state index contributed by atoms with van der Waals surface area (Å²) in [5, 5.41) is 7.08. The molecule has 4 rings (SSSR count). The number of para-hydroxylation sites is 1. The van der Waals surface area contributed by atoms with Crippen molar-refractivity contribution in [3.8, 4) is 5.75 Å². The van der Waals surface area contributed by atoms with Gasteiger partial charge in [0.2, 0.25) is 0 Å². The van der Waals surface area contributed by atoms with Crippen molar-refractivity contribution in [1.29, 1.82) is 0 Å². The Morgan fingerprint density at radius 3 is 2.67 bits per heavy atom. The molecule has 5 heteroatoms. The van der Waals surface area contributed by atoms with Crippen molar-refractivity contribution in [2.75, 3.05) is 13.1 Å². The highest BCUT2D eigenvalue weighted by atomic mass is 16.5. The van der Waals surface area contributed by atoms with Crippen LogP contribution in [-0.4, -0.2) is 39.7 Å². The lowest BCUT2D eigenvalue weighted by Crippen LogP contribution is -2.51. The fourth-order valence-electron chi connectivity index (χ4n) is 3.77. The monoisotopic (exact) mass is 325 g/mol. The summed E-state index contributed by atoms with van der Waals surface area (Å²) < 4.78 is 6.36. The van der Waals surface area contributed by atoms with Crippen LogP contribution < -0.4 is 4.74 Å². The summed E-state index contributed by atoms with van der Waals surface area (Å²) >= 11 is 0. The molecule has 0 aliphatic carbocycles. The van der Waals surface area contributed by atoms with Gasteiger partial charge >= 0.3 is 0 Å². The third-order valence-electron chi connectivity index (χ3n) is 5.57. The number of aromatic nitrogens is 2. The summed E-state index contributed by atoms with van der Waals surface area (Å²) in [6, 6.07) is 8.29. The van der Waals surface area contributed by atoms with Crippen LogP contribution in [0.4, 0.5) is 0 Å². The Bertz CT molecular complexity index is 773. The largest absolute Gasteiger partial charge is 0.487 e. The van der Waals surface area contributed by atoms with Crippen LogP contribution in [0.1, 0.15) is 46.6 Å². The van der Waals surface area contributed by atoms with Gasteiger partial charge in [-0.25, -0.2) is 0 Å². The van der Waals surface area contributed by atoms with Crippen LogP contribution in [0.3, 0.4) is 0 Å². The Balaban J connectivity index is 1.46. The molecule has 1 spiro atoms. The summed E-state index contributed by atoms with van der Waals surface area (Å²) in [4.78, 5) is 14.6. The van der Waals surface area contributed by atoms with E-state index in [9.17, 15) is 4.79 Å². The van der Waals surface area contributed by atoms with Gasteiger partial charge in [0.25, 0.3) is 5.91 Å². The number of ether oxygens (including phenoxy) is 1. The van der Waals surface area contributed by atoms with Gasteiger partial charge in [-0.1, -0.05) is 18.2 Å². The molecule has 1 saturated heterocycles. The maximum atomic E-state index is 12.7. The van der Waals surface area contributed by atoms with E-state index in [0.29, 0.717) is 5.69 Å². The van der Waals surface area contributed by atoms with Crippen molar-refractivity contribution in [2.45, 2.75) is 45.1 Å². The molecular formula is C19H23N3O2. The quantitative estimate of drug-likeness (QED) is 0.877. The average Bonchev–Trinajstić information content (AvgIpc) is 2.94. The van der Waals surface area contributed by atoms with E-state index in [2.05, 4.69) is 28.4 Å². The Morgan fingerprint density at radius 1 is 1.21 bits per heavy atom. The highest BCUT2D eigenvalue weighted by Crippen LogP contribution is 2.39. The number of H-pyrrole nitrogens is 1. The van der Waals surface area contributed by atoms with Crippen LogP contribution in [0.25, 0.3) is 0 Å². The molecule has 126 valence electrons. The van der Waals surface area contributed by atoms with E-state index in [0.717, 1.165) is 55.8 Å². The van der Waals surface area contributed by atoms with E-state index in [1.165, 1.54) is 5.56 Å². The molecule has 1 aromatic heterocycles. The van der Waals surface area contributed by atoms with Crippen LogP contribution in [0.2, 0.25) is 0 Å². The lowest BCUT2D eigenvalue weighted by molar-refractivity contribution is -0.0108. The number of hydrogen-bond acceptors (Lipinski definition) is 3. The van der Waals surface area contributed by atoms with E-state index >= 15 is 0 Å². The molecule has 1 amide bonds. The number of benzene rings is 1. The topological polar surface area (TPSA) is 58.2 Å². The maximum Gasteiger partial charge on any atom is 0.274 e. The highest BCUT2D eigenvalue weighted by Gasteiger charge is 2.40. The fourth-order valence-corrected chi connectivity index (χ4v) is 3.77. The van der Waals surface area contributed by atoms with Crippen LogP contribution >= 0.6 is 0 Å². The number of fused-ring (bicyclic) bond motifs is 1. The van der Waals surface area contributed by atoms with Crippen molar-refractivity contribution >= 4 is 5.91 Å². The molecule has 2 aliphatic heterocycles. The Kier molecular flexibility index (Phi) is 3.59. The van der Waals surface area contributed by atoms with Crippen LogP contribution in [0.5, 0.6) is 5.75 Å². The zero-order valence-electron chi connectivity index (χ0n) is 14.3. The molecule has 1 fully saturated rings. The maximum absolute atomic E-state index is 12.7. The van der Waals surface area contributed by atoms with Gasteiger partial charge in [0.05, 0.1) is 0 Å². The molecule has 5 nitrogen and oxygen atoms in total. The minimum atomic E-state index is -0.109. The summed E-state index contributed by atoms with van der Waals surface area (Å²) in [7, 11) is 0. The second-order valence-electron chi connectivity index (χ2n) is 7.01. The smallest absolute Gasteiger partial charge is 0.274 e. The SMILES string of the molecule is Cc1[nH]nc(C(=O)N2CCC3(CCc4ccccc4O3)CC2)c1C. The number of aromatic amines is 1. The normalized spacial score (nSPS) is 19.0. The van der Waals surface area contributed by atoms with Gasteiger partial charge in [-0.05, 0) is 38.3 Å². The van der Waals surface area contributed by atoms with E-state index in [1.807, 2.05) is 24.8 Å². The van der Waals surface area contributed by atoms with Crippen LogP contribution in [0.15, 0.2) is 24.3 Å². The minimum absolute atomic E-state index is 0.0305. The molecule has 2 aliphatic rings. The Hall–Kier alpha value is -2.30. The number of nitrogens with zero attached hydrogens (tertiary/aromatic N) is 2. The first-order chi connectivity index (χ1) is 11.6. The van der Waals surface area contributed by atoms with Crippen molar-refractivity contribution in [3.05, 3.63) is 46.8 Å². The average molecular weight is 325 g/mol. The number of nitrogens with one attached hydrogen (secondary N) is 1. The first-order valence-corrected chi connectivity index (χ1v) is 8.66. The van der Waals surface area contributed by atoms with Gasteiger partial charge in [0, 0.05) is 37.2 Å². The van der Waals surface area contributed by atoms with Gasteiger partial charge < -0.3 is 9.64 Å². The first-order valence-electron chi connectivity index (χ1n) is 8.66. The molecule has 1 aromatic carbocycles. The van der Waals surface area contributed by atoms with Gasteiger partial charge in [-0.3, -0.25) is 9.89 Å². The Morgan fingerprint density at radius 2 is 1.96 bits per heavy atom. The second kappa shape index (κ2) is 5.65. The van der Waals surface area contributed by atoms with Gasteiger partial charge in [0.15, 0.2) is 5.69 Å². The number of rotatable bonds is 1. The lowest BCUT2D eigenvalue weighted by Gasteiger charge is -2.44. The van der Waals surface area contributed by atoms with E-state index in [1.54, 1.807) is 0 Å². The highest BCUT2D eigenvalue weighted by molar-refractivity contribution is 5.94. The first kappa shape index (κ1) is 15.2. The zero-order chi connectivity index (χ0) is 16.7. The number of hydrogen-bond donors (Lipinski definition) is 1. The number of amides is 1. The Labute approximate surface area is 142 Å². The number of aryl methyl sites for hydroxylation is 2. The van der Waals surface area contributed by atoms with Gasteiger partial charge in [-0.2, -0.15) is 5.10 Å². The van der Waals surface area contributed by atoms with Crippen LogP contribution in [-0.2, 0) is 6.42 Å². The molecule has 0 bridgehead atoms. The predicted octanol–water partition coefficient (Wildman–Crippen LogP) is 3.03. The second-order valence-corrected chi connectivity index (χ2v) is 7.01. The lowest BCUT2D eigenvalue weighted by atomic mass is 9.83. The van der Waals surface area contributed by atoms with Crippen molar-refractivity contribution in [1.82, 2.24) is 15.1 Å². The standard InChI is InChI=1S/C19H23N3O2/c1-13-14(2)20-21-17(13)18(23)22-11-9-19(10-12-22)8-7-15-5-3-4-6-16(15)24-19/h3-6H,7-12H2,1-2H3,(H,20,21). The molecule has 1 N–H and O–H groups in total. The van der Waals surface area contributed by atoms with Crippen molar-refractivity contribution in [2.24, 2.45) is 0 Å². The number of likely N-dealkylation sites (tertiary alicyclic amines) is 1. The molecule has 2 aromatic rings. The van der Waals surface area contributed by atoms with Gasteiger partial charge in [0.1, 0.15) is 11.4 Å². The predicted molar refractivity (Wildman–Crippen MR) is 91.3 cm³/mol. The summed E-state index contributed by atoms with van der Waals surface area (Å²) in [5.41, 5.74) is 3.64. The zero-order valence-corrected chi connectivity index (χ0v) is 14.3. The number of carbonyl (C=O) groups excluding carboxylic acids is 1. The molecule has 24 heavy (non-hydrogen) atoms. The molecule has 0 atom stereocenters. The third kappa shape index (κ3) is 2.48.